The average Bonchev–Trinajstić information content (AvgIpc) is 3.17. The van der Waals surface area contributed by atoms with Crippen LogP contribution in [0.5, 0.6) is 5.75 Å². The van der Waals surface area contributed by atoms with Gasteiger partial charge in [-0.25, -0.2) is 4.98 Å². The zero-order valence-electron chi connectivity index (χ0n) is 16.5. The molecule has 5 nitrogen and oxygen atoms in total. The topological polar surface area (TPSA) is 56.2 Å². The van der Waals surface area contributed by atoms with Gasteiger partial charge >= 0.3 is 0 Å². The minimum Gasteiger partial charge on any atom is -0.481 e. The van der Waals surface area contributed by atoms with E-state index >= 15 is 0 Å². The van der Waals surface area contributed by atoms with E-state index in [0.29, 0.717) is 12.3 Å². The van der Waals surface area contributed by atoms with E-state index in [1.54, 1.807) is 13.1 Å². The second kappa shape index (κ2) is 8.19. The molecule has 0 saturated carbocycles. The molecule has 29 heavy (non-hydrogen) atoms. The average molecular weight is 385 g/mol. The van der Waals surface area contributed by atoms with Gasteiger partial charge in [-0.05, 0) is 48.4 Å². The first kappa shape index (κ1) is 18.7. The zero-order chi connectivity index (χ0) is 20.2. The Morgan fingerprint density at radius 2 is 1.83 bits per heavy atom. The predicted octanol–water partition coefficient (Wildman–Crippen LogP) is 4.42. The largest absolute Gasteiger partial charge is 0.481 e. The molecular weight excluding hydrogens is 362 g/mol. The van der Waals surface area contributed by atoms with E-state index in [2.05, 4.69) is 16.4 Å². The molecule has 0 aliphatic rings. The Bertz CT molecular complexity index is 1150. The predicted molar refractivity (Wildman–Crippen MR) is 114 cm³/mol. The summed E-state index contributed by atoms with van der Waals surface area (Å²) >= 11 is 0. The lowest BCUT2D eigenvalue weighted by molar-refractivity contribution is -0.127. The summed E-state index contributed by atoms with van der Waals surface area (Å²) in [6.07, 6.45) is 3.09. The number of rotatable bonds is 6. The van der Waals surface area contributed by atoms with Crippen LogP contribution < -0.4 is 10.1 Å². The number of ether oxygens (including phenoxy) is 1. The van der Waals surface area contributed by atoms with Crippen LogP contribution in [0.1, 0.15) is 18.3 Å². The van der Waals surface area contributed by atoms with Gasteiger partial charge in [-0.2, -0.15) is 0 Å². The van der Waals surface area contributed by atoms with Crippen LogP contribution in [0.3, 0.4) is 0 Å². The number of carbonyl (C=O) groups is 1. The van der Waals surface area contributed by atoms with E-state index in [4.69, 9.17) is 4.74 Å². The fraction of sp³-hybridized carbons (Fsp3) is 0.167. The highest BCUT2D eigenvalue weighted by Crippen LogP contribution is 2.21. The first-order valence-electron chi connectivity index (χ1n) is 9.63. The normalized spacial score (nSPS) is 11.9. The lowest BCUT2D eigenvalue weighted by Crippen LogP contribution is -2.36. The van der Waals surface area contributed by atoms with Crippen LogP contribution >= 0.6 is 0 Å². The van der Waals surface area contributed by atoms with Crippen molar-refractivity contribution in [3.8, 4) is 11.4 Å². The number of benzene rings is 3. The van der Waals surface area contributed by atoms with Crippen LogP contribution in [0.25, 0.3) is 16.5 Å². The smallest absolute Gasteiger partial charge is 0.261 e. The zero-order valence-corrected chi connectivity index (χ0v) is 16.5. The number of aryl methyl sites for hydroxylation is 1. The fourth-order valence-electron chi connectivity index (χ4n) is 3.35. The van der Waals surface area contributed by atoms with Gasteiger partial charge in [-0.1, -0.05) is 48.5 Å². The molecular formula is C24H23N3O2. The molecule has 0 bridgehead atoms. The van der Waals surface area contributed by atoms with Crippen LogP contribution in [-0.4, -0.2) is 21.6 Å². The molecule has 0 aliphatic carbocycles. The van der Waals surface area contributed by atoms with Crippen molar-refractivity contribution < 1.29 is 9.53 Å². The monoisotopic (exact) mass is 385 g/mol. The number of amides is 1. The molecule has 146 valence electrons. The second-order valence-electron chi connectivity index (χ2n) is 6.96. The highest BCUT2D eigenvalue weighted by Gasteiger charge is 2.15. The van der Waals surface area contributed by atoms with Crippen LogP contribution in [0.2, 0.25) is 0 Å². The standard InChI is InChI=1S/C24H23N3O2/c1-17(29-22-12-11-19-7-3-4-8-20(19)15-22)24(28)26-16-21-9-5-6-10-23(21)27-14-13-25-18(27)2/h3-15,17H,16H2,1-2H3,(H,26,28)/t17-/m1/s1. The number of nitrogens with zero attached hydrogens (tertiary/aromatic N) is 2. The quantitative estimate of drug-likeness (QED) is 0.535. The highest BCUT2D eigenvalue weighted by molar-refractivity contribution is 5.84. The van der Waals surface area contributed by atoms with Crippen molar-refractivity contribution in [1.82, 2.24) is 14.9 Å². The van der Waals surface area contributed by atoms with Gasteiger partial charge in [0.1, 0.15) is 11.6 Å². The summed E-state index contributed by atoms with van der Waals surface area (Å²) in [5.41, 5.74) is 2.02. The Kier molecular flexibility index (Phi) is 5.29. The van der Waals surface area contributed by atoms with Crippen molar-refractivity contribution in [3.05, 3.63) is 90.5 Å². The van der Waals surface area contributed by atoms with Gasteiger partial charge < -0.3 is 14.6 Å². The number of aromatic nitrogens is 2. The summed E-state index contributed by atoms with van der Waals surface area (Å²) in [7, 11) is 0. The van der Waals surface area contributed by atoms with E-state index in [1.807, 2.05) is 78.4 Å². The van der Waals surface area contributed by atoms with Gasteiger partial charge in [0.15, 0.2) is 6.10 Å². The molecule has 1 amide bonds. The molecule has 0 spiro atoms. The summed E-state index contributed by atoms with van der Waals surface area (Å²) in [4.78, 5) is 16.9. The molecule has 0 radical (unpaired) electrons. The van der Waals surface area contributed by atoms with Gasteiger partial charge in [-0.3, -0.25) is 4.79 Å². The van der Waals surface area contributed by atoms with E-state index in [-0.39, 0.29) is 5.91 Å². The lowest BCUT2D eigenvalue weighted by atomic mass is 10.1. The molecule has 1 atom stereocenters. The third-order valence-electron chi connectivity index (χ3n) is 4.93. The maximum atomic E-state index is 12.6. The Morgan fingerprint density at radius 3 is 2.62 bits per heavy atom. The number of hydrogen-bond acceptors (Lipinski definition) is 3. The van der Waals surface area contributed by atoms with Crippen molar-refractivity contribution in [2.75, 3.05) is 0 Å². The van der Waals surface area contributed by atoms with Crippen molar-refractivity contribution in [1.29, 1.82) is 0 Å². The summed E-state index contributed by atoms with van der Waals surface area (Å²) in [6.45, 7) is 4.13. The number of para-hydroxylation sites is 1. The maximum Gasteiger partial charge on any atom is 0.261 e. The molecule has 3 aromatic carbocycles. The van der Waals surface area contributed by atoms with Gasteiger partial charge in [0.05, 0.1) is 5.69 Å². The fourth-order valence-corrected chi connectivity index (χ4v) is 3.35. The van der Waals surface area contributed by atoms with E-state index in [0.717, 1.165) is 27.8 Å². The van der Waals surface area contributed by atoms with Crippen molar-refractivity contribution >= 4 is 16.7 Å². The minimum atomic E-state index is -0.599. The molecule has 0 aliphatic heterocycles. The number of hydrogen-bond donors (Lipinski definition) is 1. The number of fused-ring (bicyclic) bond motifs is 1. The van der Waals surface area contributed by atoms with Crippen molar-refractivity contribution in [2.24, 2.45) is 0 Å². The Hall–Kier alpha value is -3.60. The van der Waals surface area contributed by atoms with Crippen molar-refractivity contribution in [2.45, 2.75) is 26.5 Å². The summed E-state index contributed by atoms with van der Waals surface area (Å²) in [5.74, 6) is 1.42. The number of imidazole rings is 1. The van der Waals surface area contributed by atoms with Crippen molar-refractivity contribution in [3.63, 3.8) is 0 Å². The Balaban J connectivity index is 1.42. The summed E-state index contributed by atoms with van der Waals surface area (Å²) < 4.78 is 7.88. The molecule has 1 heterocycles. The summed E-state index contributed by atoms with van der Waals surface area (Å²) in [5, 5.41) is 5.21. The Morgan fingerprint density at radius 1 is 1.07 bits per heavy atom. The van der Waals surface area contributed by atoms with Gasteiger partial charge in [0.25, 0.3) is 5.91 Å². The molecule has 0 saturated heterocycles. The van der Waals surface area contributed by atoms with E-state index in [1.165, 1.54) is 0 Å². The van der Waals surface area contributed by atoms with Gasteiger partial charge in [0.2, 0.25) is 0 Å². The highest BCUT2D eigenvalue weighted by atomic mass is 16.5. The third kappa shape index (κ3) is 4.14. The van der Waals surface area contributed by atoms with Gasteiger partial charge in [0, 0.05) is 18.9 Å². The SMILES string of the molecule is Cc1nccn1-c1ccccc1CNC(=O)[C@@H](C)Oc1ccc2ccccc2c1. The van der Waals surface area contributed by atoms with E-state index in [9.17, 15) is 4.79 Å². The first-order chi connectivity index (χ1) is 14.1. The second-order valence-corrected chi connectivity index (χ2v) is 6.96. The van der Waals surface area contributed by atoms with Gasteiger partial charge in [-0.15, -0.1) is 0 Å². The van der Waals surface area contributed by atoms with Crippen LogP contribution in [0, 0.1) is 6.92 Å². The molecule has 4 rings (SSSR count). The molecule has 1 aromatic heterocycles. The minimum absolute atomic E-state index is 0.157. The molecule has 0 fully saturated rings. The molecule has 5 heteroatoms. The van der Waals surface area contributed by atoms with Crippen LogP contribution in [0.4, 0.5) is 0 Å². The number of nitrogens with one attached hydrogen (secondary N) is 1. The summed E-state index contributed by atoms with van der Waals surface area (Å²) in [6, 6.07) is 21.9. The molecule has 1 N–H and O–H groups in total. The maximum absolute atomic E-state index is 12.6. The third-order valence-corrected chi connectivity index (χ3v) is 4.93. The lowest BCUT2D eigenvalue weighted by Gasteiger charge is -2.17. The number of carbonyl (C=O) groups excluding carboxylic acids is 1. The Labute approximate surface area is 170 Å². The van der Waals surface area contributed by atoms with Crippen LogP contribution in [-0.2, 0) is 11.3 Å². The molecule has 4 aromatic rings. The van der Waals surface area contributed by atoms with Crippen LogP contribution in [0.15, 0.2) is 79.1 Å². The molecule has 0 unspecified atom stereocenters. The van der Waals surface area contributed by atoms with E-state index < -0.39 is 6.10 Å². The first-order valence-corrected chi connectivity index (χ1v) is 9.63.